The first-order chi connectivity index (χ1) is 6.63. The van der Waals surface area contributed by atoms with E-state index < -0.39 is 11.9 Å². The lowest BCUT2D eigenvalue weighted by Crippen LogP contribution is -2.35. The summed E-state index contributed by atoms with van der Waals surface area (Å²) in [6, 6.07) is 0. The Kier molecular flexibility index (Phi) is 7.07. The lowest BCUT2D eigenvalue weighted by Gasteiger charge is -2.14. The second-order valence-electron chi connectivity index (χ2n) is 3.56. The van der Waals surface area contributed by atoms with E-state index in [9.17, 15) is 14.7 Å². The van der Waals surface area contributed by atoms with Crippen molar-refractivity contribution in [3.05, 3.63) is 0 Å². The standard InChI is InChI=1S/C11H20O3/c1-3-5-6-7-8-10(12)9(4-2)11(13)14/h9H,3-8H2,1-2H3,(H,13,14)/p-1. The van der Waals surface area contributed by atoms with Gasteiger partial charge < -0.3 is 9.90 Å². The van der Waals surface area contributed by atoms with E-state index in [0.717, 1.165) is 25.7 Å². The number of ketones is 1. The van der Waals surface area contributed by atoms with Crippen LogP contribution in [-0.2, 0) is 9.59 Å². The van der Waals surface area contributed by atoms with Crippen molar-refractivity contribution in [1.82, 2.24) is 0 Å². The molecule has 0 N–H and O–H groups in total. The molecule has 14 heavy (non-hydrogen) atoms. The molecule has 0 aromatic heterocycles. The molecule has 0 fully saturated rings. The van der Waals surface area contributed by atoms with Crippen LogP contribution in [0.1, 0.15) is 52.4 Å². The molecule has 0 aliphatic carbocycles. The number of hydrogen-bond donors (Lipinski definition) is 0. The molecule has 0 amide bonds. The van der Waals surface area contributed by atoms with Gasteiger partial charge in [0.1, 0.15) is 5.78 Å². The van der Waals surface area contributed by atoms with Crippen molar-refractivity contribution in [3.8, 4) is 0 Å². The van der Waals surface area contributed by atoms with Gasteiger partial charge in [-0.2, -0.15) is 0 Å². The molecule has 0 aromatic carbocycles. The maximum Gasteiger partial charge on any atom is 0.141 e. The second-order valence-corrected chi connectivity index (χ2v) is 3.56. The molecule has 0 saturated carbocycles. The van der Waals surface area contributed by atoms with Gasteiger partial charge in [0.05, 0.1) is 11.9 Å². The van der Waals surface area contributed by atoms with Gasteiger partial charge in [-0.05, 0) is 12.8 Å². The second kappa shape index (κ2) is 7.54. The van der Waals surface area contributed by atoms with Crippen molar-refractivity contribution in [2.75, 3.05) is 0 Å². The van der Waals surface area contributed by atoms with Crippen LogP contribution in [0.2, 0.25) is 0 Å². The molecule has 0 aromatic rings. The predicted octanol–water partition coefficient (Wildman–Crippen LogP) is 1.30. The number of rotatable bonds is 8. The molecule has 3 heteroatoms. The van der Waals surface area contributed by atoms with Crippen LogP contribution in [0.3, 0.4) is 0 Å². The van der Waals surface area contributed by atoms with Crippen LogP contribution < -0.4 is 5.11 Å². The average Bonchev–Trinajstić information content (AvgIpc) is 2.13. The van der Waals surface area contributed by atoms with Crippen LogP contribution in [0.4, 0.5) is 0 Å². The highest BCUT2D eigenvalue weighted by Gasteiger charge is 2.16. The average molecular weight is 199 g/mol. The fourth-order valence-corrected chi connectivity index (χ4v) is 1.43. The summed E-state index contributed by atoms with van der Waals surface area (Å²) in [6.45, 7) is 3.79. The number of aliphatic carboxylic acids is 1. The van der Waals surface area contributed by atoms with E-state index in [4.69, 9.17) is 0 Å². The van der Waals surface area contributed by atoms with E-state index in [0.29, 0.717) is 12.8 Å². The summed E-state index contributed by atoms with van der Waals surface area (Å²) in [4.78, 5) is 21.9. The monoisotopic (exact) mass is 199 g/mol. The van der Waals surface area contributed by atoms with Gasteiger partial charge in [0.15, 0.2) is 0 Å². The summed E-state index contributed by atoms with van der Waals surface area (Å²) in [6.07, 6.45) is 4.75. The van der Waals surface area contributed by atoms with Crippen molar-refractivity contribution in [1.29, 1.82) is 0 Å². The topological polar surface area (TPSA) is 57.2 Å². The molecule has 0 spiro atoms. The smallest absolute Gasteiger partial charge is 0.141 e. The molecule has 0 aliphatic heterocycles. The largest absolute Gasteiger partial charge is 0.549 e. The van der Waals surface area contributed by atoms with Crippen LogP contribution in [0, 0.1) is 5.92 Å². The van der Waals surface area contributed by atoms with Gasteiger partial charge in [-0.1, -0.05) is 33.1 Å². The van der Waals surface area contributed by atoms with Crippen molar-refractivity contribution >= 4 is 11.8 Å². The lowest BCUT2D eigenvalue weighted by atomic mass is 9.97. The van der Waals surface area contributed by atoms with Gasteiger partial charge in [-0.3, -0.25) is 4.79 Å². The van der Waals surface area contributed by atoms with E-state index >= 15 is 0 Å². The summed E-state index contributed by atoms with van der Waals surface area (Å²) in [5.74, 6) is -2.30. The van der Waals surface area contributed by atoms with Gasteiger partial charge in [0.25, 0.3) is 0 Å². The number of carboxylic acids is 1. The van der Waals surface area contributed by atoms with Crippen molar-refractivity contribution in [3.63, 3.8) is 0 Å². The van der Waals surface area contributed by atoms with E-state index in [1.165, 1.54) is 0 Å². The first-order valence-electron chi connectivity index (χ1n) is 5.37. The zero-order valence-corrected chi connectivity index (χ0v) is 9.04. The van der Waals surface area contributed by atoms with Crippen molar-refractivity contribution in [2.45, 2.75) is 52.4 Å². The third-order valence-corrected chi connectivity index (χ3v) is 2.36. The Hall–Kier alpha value is -0.860. The highest BCUT2D eigenvalue weighted by molar-refractivity contribution is 5.97. The molecule has 0 aliphatic rings. The van der Waals surface area contributed by atoms with Crippen molar-refractivity contribution in [2.24, 2.45) is 5.92 Å². The Morgan fingerprint density at radius 2 is 1.79 bits per heavy atom. The molecule has 0 radical (unpaired) electrons. The minimum Gasteiger partial charge on any atom is -0.549 e. The Labute approximate surface area is 85.5 Å². The van der Waals surface area contributed by atoms with Crippen LogP contribution in [-0.4, -0.2) is 11.8 Å². The maximum atomic E-state index is 11.4. The molecule has 0 saturated heterocycles. The third kappa shape index (κ3) is 5.00. The fraction of sp³-hybridized carbons (Fsp3) is 0.818. The minimum absolute atomic E-state index is 0.177. The third-order valence-electron chi connectivity index (χ3n) is 2.36. The number of carbonyl (C=O) groups excluding carboxylic acids is 2. The van der Waals surface area contributed by atoms with Gasteiger partial charge >= 0.3 is 0 Å². The SMILES string of the molecule is CCCCCCC(=O)C(CC)C(=O)[O-]. The molecule has 0 heterocycles. The summed E-state index contributed by atoms with van der Waals surface area (Å²) < 4.78 is 0. The molecule has 1 unspecified atom stereocenters. The Morgan fingerprint density at radius 3 is 2.21 bits per heavy atom. The lowest BCUT2D eigenvalue weighted by molar-refractivity contribution is -0.310. The Morgan fingerprint density at radius 1 is 1.14 bits per heavy atom. The highest BCUT2D eigenvalue weighted by Crippen LogP contribution is 2.10. The number of Topliss-reactive ketones (excluding diaryl/α,β-unsaturated/α-hetero) is 1. The molecule has 82 valence electrons. The van der Waals surface area contributed by atoms with Crippen LogP contribution in [0.15, 0.2) is 0 Å². The molecule has 0 rings (SSSR count). The van der Waals surface area contributed by atoms with Crippen LogP contribution in [0.25, 0.3) is 0 Å². The van der Waals surface area contributed by atoms with Crippen molar-refractivity contribution < 1.29 is 14.7 Å². The van der Waals surface area contributed by atoms with E-state index in [-0.39, 0.29) is 5.78 Å². The summed E-state index contributed by atoms with van der Waals surface area (Å²) in [5.41, 5.74) is 0. The first kappa shape index (κ1) is 13.1. The van der Waals surface area contributed by atoms with Crippen LogP contribution >= 0.6 is 0 Å². The fourth-order valence-electron chi connectivity index (χ4n) is 1.43. The van der Waals surface area contributed by atoms with Gasteiger partial charge in [0, 0.05) is 6.42 Å². The molecule has 3 nitrogen and oxygen atoms in total. The highest BCUT2D eigenvalue weighted by atomic mass is 16.4. The maximum absolute atomic E-state index is 11.4. The number of carboxylic acid groups (broad SMARTS) is 1. The Balaban J connectivity index is 3.76. The minimum atomic E-state index is -1.23. The van der Waals surface area contributed by atoms with E-state index in [1.807, 2.05) is 0 Å². The molecule has 1 atom stereocenters. The zero-order chi connectivity index (χ0) is 11.0. The number of unbranched alkanes of at least 4 members (excludes halogenated alkanes) is 3. The summed E-state index contributed by atoms with van der Waals surface area (Å²) in [5, 5.41) is 10.5. The first-order valence-corrected chi connectivity index (χ1v) is 5.37. The summed E-state index contributed by atoms with van der Waals surface area (Å²) in [7, 11) is 0. The summed E-state index contributed by atoms with van der Waals surface area (Å²) >= 11 is 0. The molecular formula is C11H19O3-. The predicted molar refractivity (Wildman–Crippen MR) is 52.6 cm³/mol. The number of hydrogen-bond acceptors (Lipinski definition) is 3. The zero-order valence-electron chi connectivity index (χ0n) is 9.04. The number of carbonyl (C=O) groups is 2. The van der Waals surface area contributed by atoms with E-state index in [2.05, 4.69) is 6.92 Å². The van der Waals surface area contributed by atoms with E-state index in [1.54, 1.807) is 6.92 Å². The van der Waals surface area contributed by atoms with Gasteiger partial charge in [-0.15, -0.1) is 0 Å². The quantitative estimate of drug-likeness (QED) is 0.437. The van der Waals surface area contributed by atoms with Crippen LogP contribution in [0.5, 0.6) is 0 Å². The molecular weight excluding hydrogens is 180 g/mol. The normalized spacial score (nSPS) is 12.4. The van der Waals surface area contributed by atoms with Gasteiger partial charge in [-0.25, -0.2) is 0 Å². The Bertz CT molecular complexity index is 187. The van der Waals surface area contributed by atoms with Gasteiger partial charge in [0.2, 0.25) is 0 Å². The molecule has 0 bridgehead atoms.